The maximum Gasteiger partial charge on any atom is 0.00606 e. The third-order valence-electron chi connectivity index (χ3n) is 3.96. The van der Waals surface area contributed by atoms with Crippen LogP contribution in [0.2, 0.25) is 0 Å². The standard InChI is InChI=1S/C16H24BrN/c17-14-16-9-12-18(13-10-16)11-5-4-8-15-6-2-1-3-7-15/h1-3,6-7,16H,4-5,8-14H2. The first-order valence-electron chi connectivity index (χ1n) is 7.20. The van der Waals surface area contributed by atoms with Gasteiger partial charge in [0, 0.05) is 5.33 Å². The highest BCUT2D eigenvalue weighted by Crippen LogP contribution is 2.19. The molecule has 1 fully saturated rings. The minimum Gasteiger partial charge on any atom is -0.303 e. The van der Waals surface area contributed by atoms with Crippen LogP contribution in [0.1, 0.15) is 31.2 Å². The number of nitrogens with zero attached hydrogens (tertiary/aromatic N) is 1. The predicted octanol–water partition coefficient (Wildman–Crippen LogP) is 4.12. The van der Waals surface area contributed by atoms with Crippen molar-refractivity contribution in [2.45, 2.75) is 32.1 Å². The van der Waals surface area contributed by atoms with E-state index >= 15 is 0 Å². The molecule has 100 valence electrons. The Morgan fingerprint density at radius 1 is 1.06 bits per heavy atom. The molecule has 1 saturated heterocycles. The number of hydrogen-bond acceptors (Lipinski definition) is 1. The molecule has 0 unspecified atom stereocenters. The summed E-state index contributed by atoms with van der Waals surface area (Å²) in [6, 6.07) is 10.8. The third kappa shape index (κ3) is 4.74. The molecule has 0 amide bonds. The van der Waals surface area contributed by atoms with E-state index in [0.29, 0.717) is 0 Å². The van der Waals surface area contributed by atoms with Crippen LogP contribution in [0.5, 0.6) is 0 Å². The minimum absolute atomic E-state index is 0.922. The van der Waals surface area contributed by atoms with Crippen LogP contribution in [0.3, 0.4) is 0 Å². The van der Waals surface area contributed by atoms with E-state index in [9.17, 15) is 0 Å². The van der Waals surface area contributed by atoms with Gasteiger partial charge in [-0.2, -0.15) is 0 Å². The minimum atomic E-state index is 0.922. The first-order valence-corrected chi connectivity index (χ1v) is 8.33. The molecule has 1 aliphatic rings. The Balaban J connectivity index is 1.56. The Morgan fingerprint density at radius 3 is 2.44 bits per heavy atom. The third-order valence-corrected chi connectivity index (χ3v) is 4.87. The van der Waals surface area contributed by atoms with Gasteiger partial charge in [-0.1, -0.05) is 46.3 Å². The second-order valence-corrected chi connectivity index (χ2v) is 6.03. The highest BCUT2D eigenvalue weighted by atomic mass is 79.9. The van der Waals surface area contributed by atoms with E-state index in [1.807, 2.05) is 0 Å². The smallest absolute Gasteiger partial charge is 0.00606 e. The summed E-state index contributed by atoms with van der Waals surface area (Å²) in [5, 5.41) is 1.19. The molecular weight excluding hydrogens is 286 g/mol. The number of rotatable bonds is 6. The number of halogens is 1. The van der Waals surface area contributed by atoms with Crippen molar-refractivity contribution in [2.75, 3.05) is 25.0 Å². The summed E-state index contributed by atoms with van der Waals surface area (Å²) in [7, 11) is 0. The van der Waals surface area contributed by atoms with Gasteiger partial charge in [0.2, 0.25) is 0 Å². The molecule has 0 N–H and O–H groups in total. The summed E-state index contributed by atoms with van der Waals surface area (Å²) in [6.07, 6.45) is 6.66. The van der Waals surface area contributed by atoms with Crippen LogP contribution in [-0.2, 0) is 6.42 Å². The van der Waals surface area contributed by atoms with Crippen LogP contribution in [0, 0.1) is 5.92 Å². The molecule has 1 aromatic rings. The summed E-state index contributed by atoms with van der Waals surface area (Å²) in [4.78, 5) is 2.64. The molecule has 0 saturated carbocycles. The Kier molecular flexibility index (Phi) is 6.22. The van der Waals surface area contributed by atoms with Gasteiger partial charge in [0.25, 0.3) is 0 Å². The summed E-state index contributed by atoms with van der Waals surface area (Å²) < 4.78 is 0. The fourth-order valence-electron chi connectivity index (χ4n) is 2.67. The van der Waals surface area contributed by atoms with Crippen LogP contribution in [0.4, 0.5) is 0 Å². The molecule has 0 aromatic heterocycles. The molecule has 1 nitrogen and oxygen atoms in total. The van der Waals surface area contributed by atoms with Crippen LogP contribution in [-0.4, -0.2) is 29.9 Å². The van der Waals surface area contributed by atoms with Crippen molar-refractivity contribution in [3.8, 4) is 0 Å². The number of benzene rings is 1. The summed E-state index contributed by atoms with van der Waals surface area (Å²) in [5.41, 5.74) is 1.48. The molecule has 1 heterocycles. The van der Waals surface area contributed by atoms with Crippen LogP contribution in [0.25, 0.3) is 0 Å². The molecule has 0 atom stereocenters. The van der Waals surface area contributed by atoms with Gasteiger partial charge in [-0.25, -0.2) is 0 Å². The van der Waals surface area contributed by atoms with Gasteiger partial charge in [0.15, 0.2) is 0 Å². The number of piperidine rings is 1. The van der Waals surface area contributed by atoms with Crippen molar-refractivity contribution in [3.63, 3.8) is 0 Å². The lowest BCUT2D eigenvalue weighted by Gasteiger charge is -2.31. The Bertz CT molecular complexity index is 317. The van der Waals surface area contributed by atoms with E-state index < -0.39 is 0 Å². The first-order chi connectivity index (χ1) is 8.88. The monoisotopic (exact) mass is 309 g/mol. The zero-order valence-electron chi connectivity index (χ0n) is 11.2. The van der Waals surface area contributed by atoms with Crippen LogP contribution < -0.4 is 0 Å². The van der Waals surface area contributed by atoms with Gasteiger partial charge in [0.05, 0.1) is 0 Å². The van der Waals surface area contributed by atoms with E-state index in [1.165, 1.54) is 62.6 Å². The van der Waals surface area contributed by atoms with Crippen molar-refractivity contribution in [2.24, 2.45) is 5.92 Å². The summed E-state index contributed by atoms with van der Waals surface area (Å²) >= 11 is 3.60. The lowest BCUT2D eigenvalue weighted by molar-refractivity contribution is 0.192. The van der Waals surface area contributed by atoms with Crippen molar-refractivity contribution >= 4 is 15.9 Å². The maximum atomic E-state index is 3.60. The molecule has 1 aliphatic heterocycles. The van der Waals surface area contributed by atoms with Gasteiger partial charge in [0.1, 0.15) is 0 Å². The zero-order valence-corrected chi connectivity index (χ0v) is 12.7. The summed E-state index contributed by atoms with van der Waals surface area (Å²) in [6.45, 7) is 3.91. The SMILES string of the molecule is BrCC1CCN(CCCCc2ccccc2)CC1. The molecular formula is C16H24BrN. The second-order valence-electron chi connectivity index (χ2n) is 5.38. The lowest BCUT2D eigenvalue weighted by atomic mass is 9.99. The number of unbranched alkanes of at least 4 members (excludes halogenated alkanes) is 1. The second kappa shape index (κ2) is 7.96. The number of aryl methyl sites for hydroxylation is 1. The van der Waals surface area contributed by atoms with Gasteiger partial charge in [-0.05, 0) is 63.2 Å². The topological polar surface area (TPSA) is 3.24 Å². The fourth-order valence-corrected chi connectivity index (χ4v) is 3.32. The average Bonchev–Trinajstić information content (AvgIpc) is 2.45. The predicted molar refractivity (Wildman–Crippen MR) is 82.3 cm³/mol. The molecule has 0 bridgehead atoms. The molecule has 0 radical (unpaired) electrons. The number of hydrogen-bond donors (Lipinski definition) is 0. The normalized spacial score (nSPS) is 18.1. The quantitative estimate of drug-likeness (QED) is 0.564. The van der Waals surface area contributed by atoms with E-state index in [-0.39, 0.29) is 0 Å². The Labute approximate surface area is 120 Å². The van der Waals surface area contributed by atoms with E-state index in [0.717, 1.165) is 5.92 Å². The van der Waals surface area contributed by atoms with Crippen molar-refractivity contribution in [3.05, 3.63) is 35.9 Å². The van der Waals surface area contributed by atoms with Crippen molar-refractivity contribution < 1.29 is 0 Å². The highest BCUT2D eigenvalue weighted by Gasteiger charge is 2.17. The first kappa shape index (κ1) is 14.1. The molecule has 0 spiro atoms. The zero-order chi connectivity index (χ0) is 12.6. The average molecular weight is 310 g/mol. The lowest BCUT2D eigenvalue weighted by Crippen LogP contribution is -2.34. The number of alkyl halides is 1. The van der Waals surface area contributed by atoms with Crippen LogP contribution in [0.15, 0.2) is 30.3 Å². The largest absolute Gasteiger partial charge is 0.303 e. The maximum absolute atomic E-state index is 3.60. The van der Waals surface area contributed by atoms with E-state index in [2.05, 4.69) is 51.2 Å². The van der Waals surface area contributed by atoms with E-state index in [4.69, 9.17) is 0 Å². The van der Waals surface area contributed by atoms with Gasteiger partial charge in [-0.15, -0.1) is 0 Å². The molecule has 18 heavy (non-hydrogen) atoms. The van der Waals surface area contributed by atoms with Crippen LogP contribution >= 0.6 is 15.9 Å². The molecule has 1 aromatic carbocycles. The van der Waals surface area contributed by atoms with Gasteiger partial charge in [-0.3, -0.25) is 0 Å². The molecule has 2 heteroatoms. The van der Waals surface area contributed by atoms with E-state index in [1.54, 1.807) is 0 Å². The highest BCUT2D eigenvalue weighted by molar-refractivity contribution is 9.09. The van der Waals surface area contributed by atoms with Crippen molar-refractivity contribution in [1.82, 2.24) is 4.90 Å². The van der Waals surface area contributed by atoms with Gasteiger partial charge < -0.3 is 4.90 Å². The number of likely N-dealkylation sites (tertiary alicyclic amines) is 1. The molecule has 2 rings (SSSR count). The van der Waals surface area contributed by atoms with Crippen molar-refractivity contribution in [1.29, 1.82) is 0 Å². The van der Waals surface area contributed by atoms with Gasteiger partial charge >= 0.3 is 0 Å². The Morgan fingerprint density at radius 2 is 1.78 bits per heavy atom. The summed E-state index contributed by atoms with van der Waals surface area (Å²) in [5.74, 6) is 0.922. The Hall–Kier alpha value is -0.340. The molecule has 0 aliphatic carbocycles. The fraction of sp³-hybridized carbons (Fsp3) is 0.625.